The molecule has 2 aliphatic carbocycles. The van der Waals surface area contributed by atoms with Crippen LogP contribution in [0.1, 0.15) is 62.8 Å². The highest BCUT2D eigenvalue weighted by molar-refractivity contribution is 5.61. The minimum atomic E-state index is 0.421. The van der Waals surface area contributed by atoms with E-state index in [0.717, 1.165) is 55.9 Å². The van der Waals surface area contributed by atoms with Crippen molar-refractivity contribution in [3.8, 4) is 11.4 Å². The molecule has 1 saturated heterocycles. The second kappa shape index (κ2) is 8.75. The Morgan fingerprint density at radius 1 is 0.844 bits per heavy atom. The summed E-state index contributed by atoms with van der Waals surface area (Å²) in [5.41, 5.74) is 3.93. The van der Waals surface area contributed by atoms with Crippen LogP contribution in [-0.2, 0) is 4.74 Å². The van der Waals surface area contributed by atoms with Gasteiger partial charge in [0.1, 0.15) is 0 Å². The lowest BCUT2D eigenvalue weighted by Gasteiger charge is -2.33. The Labute approximate surface area is 188 Å². The molecule has 0 aromatic carbocycles. The standard InChI is InChI=1S/C24H31N7O/c1-2-16(1)20-15-26-31-12-8-22(29-23(20)31)21-7-11-25-24(30-21)28-18-5-3-17(4-6-18)27-19-9-13-32-14-10-19/h7-8,11-12,15-19,27H,1-6,9-10,13-14H2,(H,25,28,30)/t17-,18-. The quantitative estimate of drug-likeness (QED) is 0.614. The molecule has 0 bridgehead atoms. The molecule has 3 aromatic heterocycles. The number of hydrogen-bond acceptors (Lipinski definition) is 7. The van der Waals surface area contributed by atoms with Gasteiger partial charge in [0.05, 0.1) is 17.6 Å². The van der Waals surface area contributed by atoms with Crippen LogP contribution in [0.15, 0.2) is 30.7 Å². The van der Waals surface area contributed by atoms with Crippen molar-refractivity contribution in [2.24, 2.45) is 0 Å². The SMILES string of the molecule is c1cc(-c2ccn3ncc(C4CC4)c3n2)nc(N[C@H]2CC[C@H](NC3CCOCC3)CC2)n1. The minimum absolute atomic E-state index is 0.421. The fraction of sp³-hybridized carbons (Fsp3) is 0.583. The van der Waals surface area contributed by atoms with Crippen LogP contribution in [0.3, 0.4) is 0 Å². The molecule has 0 spiro atoms. The predicted molar refractivity (Wildman–Crippen MR) is 123 cm³/mol. The summed E-state index contributed by atoms with van der Waals surface area (Å²) >= 11 is 0. The maximum absolute atomic E-state index is 5.48. The van der Waals surface area contributed by atoms with E-state index in [1.165, 1.54) is 31.2 Å². The van der Waals surface area contributed by atoms with Crippen LogP contribution in [-0.4, -0.2) is 55.9 Å². The number of aromatic nitrogens is 5. The maximum atomic E-state index is 5.48. The van der Waals surface area contributed by atoms with Crippen LogP contribution in [0.2, 0.25) is 0 Å². The third-order valence-corrected chi connectivity index (χ3v) is 7.08. The van der Waals surface area contributed by atoms with Crippen molar-refractivity contribution in [1.29, 1.82) is 0 Å². The van der Waals surface area contributed by atoms with Crippen LogP contribution < -0.4 is 10.6 Å². The number of nitrogens with zero attached hydrogens (tertiary/aromatic N) is 5. The molecule has 1 aliphatic heterocycles. The van der Waals surface area contributed by atoms with Gasteiger partial charge in [0.15, 0.2) is 5.65 Å². The Hall–Kier alpha value is -2.58. The second-order valence-electron chi connectivity index (χ2n) is 9.47. The Balaban J connectivity index is 1.10. The summed E-state index contributed by atoms with van der Waals surface area (Å²) < 4.78 is 7.34. The molecule has 4 heterocycles. The van der Waals surface area contributed by atoms with Gasteiger partial charge in [0, 0.05) is 49.3 Å². The van der Waals surface area contributed by atoms with Crippen molar-refractivity contribution in [3.63, 3.8) is 0 Å². The molecule has 8 heteroatoms. The average molecular weight is 434 g/mol. The molecule has 0 atom stereocenters. The summed E-state index contributed by atoms with van der Waals surface area (Å²) in [5, 5.41) is 11.9. The highest BCUT2D eigenvalue weighted by Gasteiger charge is 2.28. The van der Waals surface area contributed by atoms with Gasteiger partial charge in [0.2, 0.25) is 5.95 Å². The van der Waals surface area contributed by atoms with Crippen molar-refractivity contribution in [3.05, 3.63) is 36.3 Å². The summed E-state index contributed by atoms with van der Waals surface area (Å²) in [5.74, 6) is 1.31. The molecule has 3 fully saturated rings. The van der Waals surface area contributed by atoms with Gasteiger partial charge in [0.25, 0.3) is 0 Å². The molecule has 3 aliphatic rings. The van der Waals surface area contributed by atoms with Gasteiger partial charge in [-0.3, -0.25) is 0 Å². The van der Waals surface area contributed by atoms with Gasteiger partial charge in [-0.05, 0) is 69.4 Å². The first-order chi connectivity index (χ1) is 15.8. The van der Waals surface area contributed by atoms with Crippen LogP contribution >= 0.6 is 0 Å². The lowest BCUT2D eigenvalue weighted by atomic mass is 9.90. The smallest absolute Gasteiger partial charge is 0.223 e. The molecule has 32 heavy (non-hydrogen) atoms. The average Bonchev–Trinajstić information content (AvgIpc) is 3.60. The molecule has 3 aromatic rings. The van der Waals surface area contributed by atoms with Crippen molar-refractivity contribution in [2.45, 2.75) is 75.4 Å². The monoisotopic (exact) mass is 433 g/mol. The lowest BCUT2D eigenvalue weighted by Crippen LogP contribution is -2.44. The zero-order valence-electron chi connectivity index (χ0n) is 18.4. The summed E-state index contributed by atoms with van der Waals surface area (Å²) in [6, 6.07) is 5.58. The first kappa shape index (κ1) is 20.1. The van der Waals surface area contributed by atoms with E-state index in [2.05, 4.69) is 20.7 Å². The van der Waals surface area contributed by atoms with Gasteiger partial charge in [-0.2, -0.15) is 5.10 Å². The van der Waals surface area contributed by atoms with E-state index < -0.39 is 0 Å². The number of fused-ring (bicyclic) bond motifs is 1. The second-order valence-corrected chi connectivity index (χ2v) is 9.47. The van der Waals surface area contributed by atoms with Crippen LogP contribution in [0, 0.1) is 0 Å². The fourth-order valence-corrected chi connectivity index (χ4v) is 5.07. The Bertz CT molecular complexity index is 1070. The Morgan fingerprint density at radius 2 is 1.59 bits per heavy atom. The van der Waals surface area contributed by atoms with Gasteiger partial charge >= 0.3 is 0 Å². The van der Waals surface area contributed by atoms with E-state index in [1.807, 2.05) is 35.2 Å². The van der Waals surface area contributed by atoms with Gasteiger partial charge in [-0.15, -0.1) is 0 Å². The third-order valence-electron chi connectivity index (χ3n) is 7.08. The summed E-state index contributed by atoms with van der Waals surface area (Å²) in [7, 11) is 0. The maximum Gasteiger partial charge on any atom is 0.223 e. The van der Waals surface area contributed by atoms with E-state index in [0.29, 0.717) is 30.0 Å². The van der Waals surface area contributed by atoms with Crippen molar-refractivity contribution in [2.75, 3.05) is 18.5 Å². The predicted octanol–water partition coefficient (Wildman–Crippen LogP) is 3.56. The minimum Gasteiger partial charge on any atom is -0.381 e. The first-order valence-corrected chi connectivity index (χ1v) is 12.1. The number of ether oxygens (including phenoxy) is 1. The van der Waals surface area contributed by atoms with E-state index in [4.69, 9.17) is 14.7 Å². The molecular formula is C24H31N7O. The molecule has 2 saturated carbocycles. The normalized spacial score (nSPS) is 24.6. The lowest BCUT2D eigenvalue weighted by molar-refractivity contribution is 0.0730. The largest absolute Gasteiger partial charge is 0.381 e. The number of anilines is 1. The topological polar surface area (TPSA) is 89.3 Å². The van der Waals surface area contributed by atoms with Gasteiger partial charge in [-0.25, -0.2) is 19.5 Å². The third kappa shape index (κ3) is 4.34. The first-order valence-electron chi connectivity index (χ1n) is 12.1. The zero-order valence-corrected chi connectivity index (χ0v) is 18.4. The Kier molecular flexibility index (Phi) is 5.48. The molecule has 2 N–H and O–H groups in total. The van der Waals surface area contributed by atoms with Crippen LogP contribution in [0.5, 0.6) is 0 Å². The molecular weight excluding hydrogens is 402 g/mol. The molecule has 6 rings (SSSR count). The van der Waals surface area contributed by atoms with Crippen LogP contribution in [0.25, 0.3) is 17.0 Å². The van der Waals surface area contributed by atoms with E-state index in [-0.39, 0.29) is 0 Å². The summed E-state index contributed by atoms with van der Waals surface area (Å²) in [6.07, 6.45) is 15.2. The van der Waals surface area contributed by atoms with Crippen LogP contribution in [0.4, 0.5) is 5.95 Å². The molecule has 8 nitrogen and oxygen atoms in total. The number of hydrogen-bond donors (Lipinski definition) is 2. The summed E-state index contributed by atoms with van der Waals surface area (Å²) in [6.45, 7) is 1.79. The molecule has 0 unspecified atom stereocenters. The van der Waals surface area contributed by atoms with Gasteiger partial charge in [-0.1, -0.05) is 0 Å². The van der Waals surface area contributed by atoms with E-state index in [9.17, 15) is 0 Å². The highest BCUT2D eigenvalue weighted by atomic mass is 16.5. The molecule has 0 radical (unpaired) electrons. The molecule has 0 amide bonds. The van der Waals surface area contributed by atoms with Crippen molar-refractivity contribution >= 4 is 11.6 Å². The zero-order chi connectivity index (χ0) is 21.3. The number of nitrogens with one attached hydrogen (secondary N) is 2. The highest BCUT2D eigenvalue weighted by Crippen LogP contribution is 2.41. The fourth-order valence-electron chi connectivity index (χ4n) is 5.07. The number of rotatable bonds is 6. The van der Waals surface area contributed by atoms with Crippen molar-refractivity contribution < 1.29 is 4.74 Å². The van der Waals surface area contributed by atoms with E-state index >= 15 is 0 Å². The molecule has 168 valence electrons. The van der Waals surface area contributed by atoms with Gasteiger partial charge < -0.3 is 15.4 Å². The summed E-state index contributed by atoms with van der Waals surface area (Å²) in [4.78, 5) is 14.2. The van der Waals surface area contributed by atoms with Crippen molar-refractivity contribution in [1.82, 2.24) is 29.9 Å². The van der Waals surface area contributed by atoms with E-state index in [1.54, 1.807) is 0 Å². The Morgan fingerprint density at radius 3 is 2.41 bits per heavy atom.